The minimum atomic E-state index is -4.70. The fourth-order valence-electron chi connectivity index (χ4n) is 1.86. The normalized spacial score (nSPS) is 11.3. The van der Waals surface area contributed by atoms with Gasteiger partial charge in [0.2, 0.25) is 5.91 Å². The summed E-state index contributed by atoms with van der Waals surface area (Å²) in [5.41, 5.74) is -1.79. The van der Waals surface area contributed by atoms with Crippen LogP contribution in [-0.4, -0.2) is 12.5 Å². The van der Waals surface area contributed by atoms with E-state index >= 15 is 0 Å². The largest absolute Gasteiger partial charge is 0.417 e. The summed E-state index contributed by atoms with van der Waals surface area (Å²) < 4.78 is 77.5. The van der Waals surface area contributed by atoms with Crippen LogP contribution in [0.25, 0.3) is 0 Å². The maximum Gasteiger partial charge on any atom is 0.417 e. The van der Waals surface area contributed by atoms with E-state index in [9.17, 15) is 31.1 Å². The van der Waals surface area contributed by atoms with E-state index in [2.05, 4.69) is 10.6 Å². The van der Waals surface area contributed by atoms with Crippen LogP contribution in [0.4, 0.5) is 37.7 Å². The van der Waals surface area contributed by atoms with E-state index < -0.39 is 52.4 Å². The van der Waals surface area contributed by atoms with Gasteiger partial charge in [0.15, 0.2) is 17.5 Å². The molecule has 0 bridgehead atoms. The molecule has 0 unspecified atom stereocenters. The van der Waals surface area contributed by atoms with Gasteiger partial charge < -0.3 is 10.6 Å². The van der Waals surface area contributed by atoms with Crippen LogP contribution in [0.2, 0.25) is 5.02 Å². The molecule has 2 rings (SSSR count). The van der Waals surface area contributed by atoms with E-state index in [1.807, 2.05) is 0 Å². The molecule has 0 aliphatic heterocycles. The van der Waals surface area contributed by atoms with Crippen LogP contribution in [0.15, 0.2) is 30.3 Å². The van der Waals surface area contributed by atoms with E-state index in [4.69, 9.17) is 11.6 Å². The molecule has 2 aromatic carbocycles. The van der Waals surface area contributed by atoms with E-state index in [-0.39, 0.29) is 5.69 Å². The second kappa shape index (κ2) is 7.22. The number of amides is 1. The first-order valence-corrected chi connectivity index (χ1v) is 7.01. The fourth-order valence-corrected chi connectivity index (χ4v) is 2.09. The number of halogens is 7. The van der Waals surface area contributed by atoms with Crippen molar-refractivity contribution in [3.63, 3.8) is 0 Å². The molecule has 0 aromatic heterocycles. The van der Waals surface area contributed by atoms with Crippen molar-refractivity contribution in [2.24, 2.45) is 0 Å². The summed E-state index contributed by atoms with van der Waals surface area (Å²) in [5, 5.41) is 3.83. The number of carbonyl (C=O) groups excluding carboxylic acids is 1. The summed E-state index contributed by atoms with van der Waals surface area (Å²) in [5.74, 6) is -5.45. The van der Waals surface area contributed by atoms with Crippen molar-refractivity contribution in [3.05, 3.63) is 58.4 Å². The summed E-state index contributed by atoms with van der Waals surface area (Å²) in [6.07, 6.45) is -4.70. The Morgan fingerprint density at radius 3 is 2.36 bits per heavy atom. The van der Waals surface area contributed by atoms with Crippen molar-refractivity contribution in [3.8, 4) is 0 Å². The number of hydrogen-bond donors (Lipinski definition) is 2. The van der Waals surface area contributed by atoms with E-state index in [1.54, 1.807) is 0 Å². The summed E-state index contributed by atoms with van der Waals surface area (Å²) in [7, 11) is 0. The van der Waals surface area contributed by atoms with Crippen molar-refractivity contribution < 1.29 is 31.1 Å². The van der Waals surface area contributed by atoms with Gasteiger partial charge in [-0.15, -0.1) is 0 Å². The zero-order chi connectivity index (χ0) is 18.8. The second-order valence-electron chi connectivity index (χ2n) is 4.82. The maximum absolute atomic E-state index is 13.4. The molecule has 0 saturated heterocycles. The van der Waals surface area contributed by atoms with Crippen LogP contribution in [0.1, 0.15) is 5.56 Å². The fraction of sp³-hybridized carbons (Fsp3) is 0.133. The lowest BCUT2D eigenvalue weighted by Crippen LogP contribution is -2.22. The molecule has 0 aliphatic rings. The molecule has 3 nitrogen and oxygen atoms in total. The Labute approximate surface area is 142 Å². The van der Waals surface area contributed by atoms with Gasteiger partial charge in [-0.05, 0) is 30.3 Å². The van der Waals surface area contributed by atoms with Gasteiger partial charge in [0.25, 0.3) is 0 Å². The van der Waals surface area contributed by atoms with E-state index in [0.29, 0.717) is 12.1 Å². The predicted octanol–water partition coefficient (Wildman–Crippen LogP) is 4.83. The molecule has 2 N–H and O–H groups in total. The molecule has 2 aromatic rings. The van der Waals surface area contributed by atoms with Gasteiger partial charge in [-0.3, -0.25) is 4.79 Å². The SMILES string of the molecule is O=C(CNc1ccc(F)c(F)c1F)Nc1ccc(Cl)c(C(F)(F)F)c1. The summed E-state index contributed by atoms with van der Waals surface area (Å²) in [4.78, 5) is 11.7. The topological polar surface area (TPSA) is 41.1 Å². The van der Waals surface area contributed by atoms with Crippen LogP contribution in [-0.2, 0) is 11.0 Å². The third-order valence-electron chi connectivity index (χ3n) is 3.03. The number of rotatable bonds is 4. The van der Waals surface area contributed by atoms with Crippen LogP contribution < -0.4 is 10.6 Å². The van der Waals surface area contributed by atoms with Crippen molar-refractivity contribution in [1.82, 2.24) is 0 Å². The van der Waals surface area contributed by atoms with Gasteiger partial charge in [-0.1, -0.05) is 11.6 Å². The number of benzene rings is 2. The molecule has 0 saturated carbocycles. The summed E-state index contributed by atoms with van der Waals surface area (Å²) >= 11 is 5.45. The molecule has 134 valence electrons. The number of carbonyl (C=O) groups is 1. The molecule has 0 radical (unpaired) electrons. The van der Waals surface area contributed by atoms with Gasteiger partial charge in [-0.2, -0.15) is 13.2 Å². The molecule has 25 heavy (non-hydrogen) atoms. The standard InChI is InChI=1S/C15H9ClF6N2O/c16-9-2-1-7(5-8(9)15(20,21)22)24-12(25)6-23-11-4-3-10(17)13(18)14(11)19/h1-5,23H,6H2,(H,24,25). The van der Waals surface area contributed by atoms with Crippen LogP contribution >= 0.6 is 11.6 Å². The smallest absolute Gasteiger partial charge is 0.374 e. The summed E-state index contributed by atoms with van der Waals surface area (Å²) in [6, 6.07) is 4.28. The Balaban J connectivity index is 2.05. The Kier molecular flexibility index (Phi) is 5.46. The van der Waals surface area contributed by atoms with Crippen molar-refractivity contribution in [2.45, 2.75) is 6.18 Å². The molecular weight excluding hydrogens is 374 g/mol. The number of hydrogen-bond acceptors (Lipinski definition) is 2. The highest BCUT2D eigenvalue weighted by atomic mass is 35.5. The average molecular weight is 383 g/mol. The van der Waals surface area contributed by atoms with Crippen molar-refractivity contribution >= 4 is 28.9 Å². The minimum absolute atomic E-state index is 0.186. The maximum atomic E-state index is 13.4. The first-order valence-electron chi connectivity index (χ1n) is 6.63. The highest BCUT2D eigenvalue weighted by Crippen LogP contribution is 2.36. The Hall–Kier alpha value is -2.42. The Morgan fingerprint density at radius 1 is 1.04 bits per heavy atom. The Morgan fingerprint density at radius 2 is 1.72 bits per heavy atom. The number of anilines is 2. The molecule has 0 spiro atoms. The van der Waals surface area contributed by atoms with E-state index in [0.717, 1.165) is 18.2 Å². The molecule has 10 heteroatoms. The third kappa shape index (κ3) is 4.56. The molecule has 0 aliphatic carbocycles. The van der Waals surface area contributed by atoms with Crippen molar-refractivity contribution in [2.75, 3.05) is 17.2 Å². The zero-order valence-corrected chi connectivity index (χ0v) is 12.9. The predicted molar refractivity (Wildman–Crippen MR) is 79.9 cm³/mol. The monoisotopic (exact) mass is 382 g/mol. The Bertz CT molecular complexity index is 809. The zero-order valence-electron chi connectivity index (χ0n) is 12.1. The number of alkyl halides is 3. The van der Waals surface area contributed by atoms with Gasteiger partial charge in [0.1, 0.15) is 0 Å². The lowest BCUT2D eigenvalue weighted by atomic mass is 10.2. The molecule has 0 atom stereocenters. The van der Waals surface area contributed by atoms with Gasteiger partial charge >= 0.3 is 6.18 Å². The van der Waals surface area contributed by atoms with Gasteiger partial charge in [0.05, 0.1) is 22.8 Å². The van der Waals surface area contributed by atoms with Crippen LogP contribution in [0.3, 0.4) is 0 Å². The molecule has 1 amide bonds. The van der Waals surface area contributed by atoms with Gasteiger partial charge in [-0.25, -0.2) is 13.2 Å². The van der Waals surface area contributed by atoms with Crippen LogP contribution in [0, 0.1) is 17.5 Å². The minimum Gasteiger partial charge on any atom is -0.374 e. The van der Waals surface area contributed by atoms with Gasteiger partial charge in [0, 0.05) is 5.69 Å². The average Bonchev–Trinajstić information content (AvgIpc) is 2.53. The first-order chi connectivity index (χ1) is 11.6. The number of nitrogens with one attached hydrogen (secondary N) is 2. The quantitative estimate of drug-likeness (QED) is 0.587. The summed E-state index contributed by atoms with van der Waals surface area (Å²) in [6.45, 7) is -0.591. The lowest BCUT2D eigenvalue weighted by molar-refractivity contribution is -0.137. The first kappa shape index (κ1) is 18.9. The highest BCUT2D eigenvalue weighted by molar-refractivity contribution is 6.31. The lowest BCUT2D eigenvalue weighted by Gasteiger charge is -2.12. The van der Waals surface area contributed by atoms with E-state index in [1.165, 1.54) is 0 Å². The second-order valence-corrected chi connectivity index (χ2v) is 5.22. The molecular formula is C15H9ClF6N2O. The molecule has 0 fully saturated rings. The van der Waals surface area contributed by atoms with Crippen LogP contribution in [0.5, 0.6) is 0 Å². The highest BCUT2D eigenvalue weighted by Gasteiger charge is 2.33. The van der Waals surface area contributed by atoms with Crippen molar-refractivity contribution in [1.29, 1.82) is 0 Å². The third-order valence-corrected chi connectivity index (χ3v) is 3.36. The molecule has 0 heterocycles.